The molecule has 0 aliphatic carbocycles. The minimum absolute atomic E-state index is 0.0924. The molecule has 0 fully saturated rings. The van der Waals surface area contributed by atoms with Crippen LogP contribution in [0.1, 0.15) is 25.2 Å². The quantitative estimate of drug-likeness (QED) is 0.706. The zero-order valence-electron chi connectivity index (χ0n) is 8.66. The van der Waals surface area contributed by atoms with Crippen molar-refractivity contribution in [3.8, 4) is 0 Å². The highest BCUT2D eigenvalue weighted by molar-refractivity contribution is 5.78. The molecule has 0 aliphatic rings. The lowest BCUT2D eigenvalue weighted by Crippen LogP contribution is -2.12. The molecular formula is C10H16N2O. The lowest BCUT2D eigenvalue weighted by atomic mass is 10.0. The molecule has 72 valence electrons. The second-order valence-corrected chi connectivity index (χ2v) is 3.62. The van der Waals surface area contributed by atoms with E-state index in [2.05, 4.69) is 5.10 Å². The van der Waals surface area contributed by atoms with E-state index in [1.54, 1.807) is 6.92 Å². The standard InChI is InChI=1S/C10H16N2O/c1-7(9(3)13)5-10-6-8(2)11-12(10)4/h6-7H,5H2,1-4H3. The third-order valence-corrected chi connectivity index (χ3v) is 2.31. The van der Waals surface area contributed by atoms with E-state index >= 15 is 0 Å². The Balaban J connectivity index is 2.74. The van der Waals surface area contributed by atoms with Crippen LogP contribution in [0.5, 0.6) is 0 Å². The number of hydrogen-bond donors (Lipinski definition) is 0. The van der Waals surface area contributed by atoms with Gasteiger partial charge in [0.2, 0.25) is 0 Å². The Hall–Kier alpha value is -1.12. The molecule has 0 N–H and O–H groups in total. The fourth-order valence-electron chi connectivity index (χ4n) is 1.31. The van der Waals surface area contributed by atoms with Crippen LogP contribution in [0.2, 0.25) is 0 Å². The highest BCUT2D eigenvalue weighted by Gasteiger charge is 2.11. The van der Waals surface area contributed by atoms with E-state index in [0.717, 1.165) is 17.8 Å². The number of carbonyl (C=O) groups is 1. The van der Waals surface area contributed by atoms with Gasteiger partial charge in [0, 0.05) is 18.7 Å². The van der Waals surface area contributed by atoms with Gasteiger partial charge in [-0.3, -0.25) is 9.48 Å². The van der Waals surface area contributed by atoms with Gasteiger partial charge in [0.05, 0.1) is 5.69 Å². The molecule has 1 unspecified atom stereocenters. The van der Waals surface area contributed by atoms with E-state index in [1.807, 2.05) is 31.6 Å². The molecule has 1 aromatic heterocycles. The van der Waals surface area contributed by atoms with Crippen LogP contribution in [0.4, 0.5) is 0 Å². The molecule has 1 rings (SSSR count). The van der Waals surface area contributed by atoms with Crippen LogP contribution in [0.3, 0.4) is 0 Å². The van der Waals surface area contributed by atoms with E-state index in [1.165, 1.54) is 0 Å². The first-order valence-electron chi connectivity index (χ1n) is 4.50. The van der Waals surface area contributed by atoms with Crippen molar-refractivity contribution in [1.82, 2.24) is 9.78 Å². The Bertz CT molecular complexity index is 315. The molecule has 1 aromatic rings. The minimum atomic E-state index is 0.0924. The molecule has 1 atom stereocenters. The molecule has 0 bridgehead atoms. The van der Waals surface area contributed by atoms with Gasteiger partial charge < -0.3 is 0 Å². The van der Waals surface area contributed by atoms with Gasteiger partial charge in [0.15, 0.2) is 0 Å². The van der Waals surface area contributed by atoms with Crippen LogP contribution in [-0.2, 0) is 18.3 Å². The maximum atomic E-state index is 11.0. The summed E-state index contributed by atoms with van der Waals surface area (Å²) in [4.78, 5) is 11.0. The van der Waals surface area contributed by atoms with Gasteiger partial charge in [-0.2, -0.15) is 5.10 Å². The summed E-state index contributed by atoms with van der Waals surface area (Å²) in [6, 6.07) is 2.03. The molecule has 3 heteroatoms. The number of aromatic nitrogens is 2. The van der Waals surface area contributed by atoms with E-state index < -0.39 is 0 Å². The molecule has 0 saturated heterocycles. The average molecular weight is 180 g/mol. The predicted octanol–water partition coefficient (Wildman–Crippen LogP) is 1.50. The van der Waals surface area contributed by atoms with Crippen LogP contribution in [-0.4, -0.2) is 15.6 Å². The van der Waals surface area contributed by atoms with Crippen LogP contribution in [0.15, 0.2) is 6.07 Å². The van der Waals surface area contributed by atoms with E-state index in [-0.39, 0.29) is 11.7 Å². The number of hydrogen-bond acceptors (Lipinski definition) is 2. The number of rotatable bonds is 3. The molecule has 1 heterocycles. The number of aryl methyl sites for hydroxylation is 2. The number of carbonyl (C=O) groups excluding carboxylic acids is 1. The Morgan fingerprint density at radius 2 is 2.31 bits per heavy atom. The monoisotopic (exact) mass is 180 g/mol. The summed E-state index contributed by atoms with van der Waals surface area (Å²) < 4.78 is 1.84. The molecule has 0 radical (unpaired) electrons. The van der Waals surface area contributed by atoms with Crippen molar-refractivity contribution in [3.05, 3.63) is 17.5 Å². The van der Waals surface area contributed by atoms with E-state index in [0.29, 0.717) is 0 Å². The average Bonchev–Trinajstić information content (AvgIpc) is 2.30. The van der Waals surface area contributed by atoms with Gasteiger partial charge in [0.25, 0.3) is 0 Å². The first kappa shape index (κ1) is 9.96. The molecule has 0 saturated carbocycles. The summed E-state index contributed by atoms with van der Waals surface area (Å²) in [6.07, 6.45) is 0.784. The molecule has 13 heavy (non-hydrogen) atoms. The topological polar surface area (TPSA) is 34.9 Å². The zero-order valence-corrected chi connectivity index (χ0v) is 8.66. The molecule has 0 aromatic carbocycles. The minimum Gasteiger partial charge on any atom is -0.300 e. The summed E-state index contributed by atoms with van der Waals surface area (Å²) in [5.74, 6) is 0.327. The van der Waals surface area contributed by atoms with Crippen molar-refractivity contribution < 1.29 is 4.79 Å². The third-order valence-electron chi connectivity index (χ3n) is 2.31. The van der Waals surface area contributed by atoms with Gasteiger partial charge in [-0.25, -0.2) is 0 Å². The van der Waals surface area contributed by atoms with Crippen molar-refractivity contribution in [2.45, 2.75) is 27.2 Å². The second-order valence-electron chi connectivity index (χ2n) is 3.62. The smallest absolute Gasteiger partial charge is 0.133 e. The number of ketones is 1. The van der Waals surface area contributed by atoms with Gasteiger partial charge in [-0.05, 0) is 26.3 Å². The summed E-state index contributed by atoms with van der Waals surface area (Å²) in [5, 5.41) is 4.23. The highest BCUT2D eigenvalue weighted by Crippen LogP contribution is 2.09. The van der Waals surface area contributed by atoms with Crippen molar-refractivity contribution >= 4 is 5.78 Å². The summed E-state index contributed by atoms with van der Waals surface area (Å²) in [6.45, 7) is 5.54. The molecule has 0 amide bonds. The van der Waals surface area contributed by atoms with Crippen LogP contribution in [0, 0.1) is 12.8 Å². The molecule has 0 aliphatic heterocycles. The summed E-state index contributed by atoms with van der Waals surface area (Å²) >= 11 is 0. The van der Waals surface area contributed by atoms with Crippen LogP contribution < -0.4 is 0 Å². The Morgan fingerprint density at radius 3 is 2.69 bits per heavy atom. The predicted molar refractivity (Wildman–Crippen MR) is 51.5 cm³/mol. The third kappa shape index (κ3) is 2.41. The van der Waals surface area contributed by atoms with E-state index in [9.17, 15) is 4.79 Å². The van der Waals surface area contributed by atoms with Crippen molar-refractivity contribution in [2.24, 2.45) is 13.0 Å². The second kappa shape index (κ2) is 3.73. The summed E-state index contributed by atoms with van der Waals surface area (Å²) in [5.41, 5.74) is 2.13. The molecule has 3 nitrogen and oxygen atoms in total. The number of nitrogens with zero attached hydrogens (tertiary/aromatic N) is 2. The maximum Gasteiger partial charge on any atom is 0.133 e. The SMILES string of the molecule is CC(=O)C(C)Cc1cc(C)nn1C. The zero-order chi connectivity index (χ0) is 10.0. The highest BCUT2D eigenvalue weighted by atomic mass is 16.1. The lowest BCUT2D eigenvalue weighted by molar-refractivity contribution is -0.120. The van der Waals surface area contributed by atoms with E-state index in [4.69, 9.17) is 0 Å². The Kier molecular flexibility index (Phi) is 2.86. The Morgan fingerprint density at radius 1 is 1.69 bits per heavy atom. The van der Waals surface area contributed by atoms with Crippen molar-refractivity contribution in [3.63, 3.8) is 0 Å². The van der Waals surface area contributed by atoms with Gasteiger partial charge >= 0.3 is 0 Å². The fourth-order valence-corrected chi connectivity index (χ4v) is 1.31. The first-order valence-corrected chi connectivity index (χ1v) is 4.50. The van der Waals surface area contributed by atoms with Crippen LogP contribution in [0.25, 0.3) is 0 Å². The van der Waals surface area contributed by atoms with Crippen molar-refractivity contribution in [1.29, 1.82) is 0 Å². The number of Topliss-reactive ketones (excluding diaryl/α,β-unsaturated/α-hetero) is 1. The van der Waals surface area contributed by atoms with Crippen LogP contribution >= 0.6 is 0 Å². The van der Waals surface area contributed by atoms with Crippen molar-refractivity contribution in [2.75, 3.05) is 0 Å². The largest absolute Gasteiger partial charge is 0.300 e. The molecular weight excluding hydrogens is 164 g/mol. The van der Waals surface area contributed by atoms with Gasteiger partial charge in [0.1, 0.15) is 5.78 Å². The fraction of sp³-hybridized carbons (Fsp3) is 0.600. The normalized spacial score (nSPS) is 12.9. The maximum absolute atomic E-state index is 11.0. The molecule has 0 spiro atoms. The Labute approximate surface area is 78.8 Å². The van der Waals surface area contributed by atoms with Gasteiger partial charge in [-0.1, -0.05) is 6.92 Å². The summed E-state index contributed by atoms with van der Waals surface area (Å²) in [7, 11) is 1.91. The van der Waals surface area contributed by atoms with Gasteiger partial charge in [-0.15, -0.1) is 0 Å². The first-order chi connectivity index (χ1) is 6.00. The lowest BCUT2D eigenvalue weighted by Gasteiger charge is -2.06.